The maximum atomic E-state index is 11.5. The van der Waals surface area contributed by atoms with Gasteiger partial charge in [0.2, 0.25) is 5.13 Å². The minimum atomic E-state index is -1.08. The fraction of sp³-hybridized carbons (Fsp3) is 0.105. The van der Waals surface area contributed by atoms with Crippen LogP contribution in [0, 0.1) is 6.92 Å². The van der Waals surface area contributed by atoms with Gasteiger partial charge in [-0.3, -0.25) is 5.43 Å². The van der Waals surface area contributed by atoms with E-state index in [0.29, 0.717) is 20.9 Å². The maximum Gasteiger partial charge on any atom is 0.352 e. The zero-order chi connectivity index (χ0) is 19.4. The van der Waals surface area contributed by atoms with Crippen molar-refractivity contribution in [2.75, 3.05) is 5.43 Å². The van der Waals surface area contributed by atoms with Crippen LogP contribution in [0.3, 0.4) is 0 Å². The first-order valence-electron chi connectivity index (χ1n) is 7.95. The molecule has 3 aromatic rings. The topological polar surface area (TPSA) is 74.6 Å². The van der Waals surface area contributed by atoms with Gasteiger partial charge in [0.15, 0.2) is 0 Å². The van der Waals surface area contributed by atoms with Crippen molar-refractivity contribution in [1.82, 2.24) is 4.98 Å². The van der Waals surface area contributed by atoms with Crippen LogP contribution in [0.5, 0.6) is 0 Å². The molecule has 8 heteroatoms. The second-order valence-corrected chi connectivity index (χ2v) is 7.42. The zero-order valence-electron chi connectivity index (χ0n) is 14.2. The summed E-state index contributed by atoms with van der Waals surface area (Å²) >= 11 is 13.3. The summed E-state index contributed by atoms with van der Waals surface area (Å²) in [7, 11) is 0. The average molecular weight is 420 g/mol. The first kappa shape index (κ1) is 19.4. The van der Waals surface area contributed by atoms with E-state index in [1.165, 1.54) is 11.3 Å². The number of nitrogens with zero attached hydrogens (tertiary/aromatic N) is 2. The molecule has 0 aliphatic carbocycles. The molecule has 2 aromatic carbocycles. The molecule has 0 aliphatic heterocycles. The van der Waals surface area contributed by atoms with Gasteiger partial charge in [0, 0.05) is 17.4 Å². The molecular formula is C19H15Cl2N3O2S. The highest BCUT2D eigenvalue weighted by molar-refractivity contribution is 7.14. The van der Waals surface area contributed by atoms with E-state index in [0.717, 1.165) is 16.7 Å². The Morgan fingerprint density at radius 2 is 2.00 bits per heavy atom. The molecule has 0 saturated heterocycles. The summed E-state index contributed by atoms with van der Waals surface area (Å²) in [5.74, 6) is -1.08. The second kappa shape index (κ2) is 8.52. The largest absolute Gasteiger partial charge is 0.477 e. The Morgan fingerprint density at radius 1 is 1.22 bits per heavy atom. The Morgan fingerprint density at radius 3 is 2.70 bits per heavy atom. The molecule has 0 fully saturated rings. The van der Waals surface area contributed by atoms with Crippen LogP contribution in [0.2, 0.25) is 10.0 Å². The van der Waals surface area contributed by atoms with Crippen molar-refractivity contribution in [2.45, 2.75) is 13.3 Å². The van der Waals surface area contributed by atoms with Gasteiger partial charge in [-0.2, -0.15) is 5.10 Å². The first-order valence-corrected chi connectivity index (χ1v) is 9.59. The first-order chi connectivity index (χ1) is 12.9. The number of anilines is 1. The number of carboxylic acid groups (broad SMARTS) is 1. The molecule has 0 radical (unpaired) electrons. The van der Waals surface area contributed by atoms with Crippen LogP contribution in [-0.4, -0.2) is 21.8 Å². The van der Waals surface area contributed by atoms with E-state index < -0.39 is 5.97 Å². The molecule has 2 N–H and O–H groups in total. The third kappa shape index (κ3) is 4.86. The molecule has 0 unspecified atom stereocenters. The van der Waals surface area contributed by atoms with E-state index in [1.807, 2.05) is 42.6 Å². The van der Waals surface area contributed by atoms with Gasteiger partial charge in [0.1, 0.15) is 5.71 Å². The van der Waals surface area contributed by atoms with Crippen LogP contribution < -0.4 is 5.43 Å². The Bertz CT molecular complexity index is 1020. The van der Waals surface area contributed by atoms with Gasteiger partial charge in [0.05, 0.1) is 15.7 Å². The standard InChI is InChI=1S/C19H15Cl2N3O2S/c1-11-4-2-3-5-12(11)9-16(18(25)26)23-24-19-22-17(10-27-19)13-6-7-14(20)15(21)8-13/h2-8,10H,9H2,1H3,(H,22,24)(H,25,26)/b23-16+. The SMILES string of the molecule is Cc1ccccc1C/C(=N\Nc1nc(-c2ccc(Cl)c(Cl)c2)cs1)C(=O)O. The van der Waals surface area contributed by atoms with Crippen molar-refractivity contribution >= 4 is 51.4 Å². The number of nitrogens with one attached hydrogen (secondary N) is 1. The summed E-state index contributed by atoms with van der Waals surface area (Å²) in [5.41, 5.74) is 6.19. The normalized spacial score (nSPS) is 11.4. The molecule has 0 spiro atoms. The molecular weight excluding hydrogens is 405 g/mol. The van der Waals surface area contributed by atoms with Crippen LogP contribution in [-0.2, 0) is 11.2 Å². The molecule has 1 heterocycles. The number of aliphatic carboxylic acids is 1. The number of hydrazone groups is 1. The summed E-state index contributed by atoms with van der Waals surface area (Å²) in [5, 5.41) is 16.7. The maximum absolute atomic E-state index is 11.5. The van der Waals surface area contributed by atoms with Crippen molar-refractivity contribution < 1.29 is 9.90 Å². The number of aryl methyl sites for hydroxylation is 1. The van der Waals surface area contributed by atoms with E-state index in [-0.39, 0.29) is 12.1 Å². The molecule has 0 atom stereocenters. The number of thiazole rings is 1. The van der Waals surface area contributed by atoms with Crippen LogP contribution in [0.4, 0.5) is 5.13 Å². The number of hydrogen-bond acceptors (Lipinski definition) is 5. The van der Waals surface area contributed by atoms with Gasteiger partial charge < -0.3 is 5.11 Å². The average Bonchev–Trinajstić information content (AvgIpc) is 3.11. The summed E-state index contributed by atoms with van der Waals surface area (Å²) in [4.78, 5) is 15.9. The lowest BCUT2D eigenvalue weighted by atomic mass is 10.0. The Labute approximate surface area is 170 Å². The number of hydrogen-bond donors (Lipinski definition) is 2. The Hall–Kier alpha value is -2.41. The van der Waals surface area contributed by atoms with E-state index >= 15 is 0 Å². The van der Waals surface area contributed by atoms with Crippen molar-refractivity contribution in [1.29, 1.82) is 0 Å². The minimum Gasteiger partial charge on any atom is -0.477 e. The van der Waals surface area contributed by atoms with E-state index in [2.05, 4.69) is 15.5 Å². The van der Waals surface area contributed by atoms with Crippen LogP contribution in [0.1, 0.15) is 11.1 Å². The van der Waals surface area contributed by atoms with Crippen LogP contribution in [0.15, 0.2) is 52.9 Å². The Kier molecular flexibility index (Phi) is 6.11. The lowest BCUT2D eigenvalue weighted by Gasteiger charge is -2.05. The predicted molar refractivity (Wildman–Crippen MR) is 111 cm³/mol. The monoisotopic (exact) mass is 419 g/mol. The second-order valence-electron chi connectivity index (χ2n) is 5.75. The van der Waals surface area contributed by atoms with Crippen LogP contribution in [0.25, 0.3) is 11.3 Å². The predicted octanol–water partition coefficient (Wildman–Crippen LogP) is 5.52. The fourth-order valence-corrected chi connectivity index (χ4v) is 3.34. The highest BCUT2D eigenvalue weighted by Crippen LogP contribution is 2.30. The molecule has 5 nitrogen and oxygen atoms in total. The van der Waals surface area contributed by atoms with Crippen molar-refractivity contribution in [3.63, 3.8) is 0 Å². The molecule has 3 rings (SSSR count). The third-order valence-corrected chi connectivity index (χ3v) is 5.36. The van der Waals surface area contributed by atoms with Crippen molar-refractivity contribution in [3.8, 4) is 11.3 Å². The van der Waals surface area contributed by atoms with E-state index in [9.17, 15) is 9.90 Å². The number of benzene rings is 2. The molecule has 0 aliphatic rings. The van der Waals surface area contributed by atoms with Crippen LogP contribution >= 0.6 is 34.5 Å². The van der Waals surface area contributed by atoms with Gasteiger partial charge in [-0.15, -0.1) is 11.3 Å². The van der Waals surface area contributed by atoms with Gasteiger partial charge in [-0.1, -0.05) is 53.5 Å². The summed E-state index contributed by atoms with van der Waals surface area (Å²) in [6.45, 7) is 1.94. The smallest absolute Gasteiger partial charge is 0.352 e. The number of halogens is 2. The number of carboxylic acids is 1. The summed E-state index contributed by atoms with van der Waals surface area (Å²) < 4.78 is 0. The van der Waals surface area contributed by atoms with Gasteiger partial charge >= 0.3 is 5.97 Å². The van der Waals surface area contributed by atoms with Gasteiger partial charge in [-0.05, 0) is 30.2 Å². The molecule has 1 aromatic heterocycles. The number of rotatable bonds is 6. The Balaban J connectivity index is 1.77. The van der Waals surface area contributed by atoms with E-state index in [4.69, 9.17) is 23.2 Å². The fourth-order valence-electron chi connectivity index (χ4n) is 2.38. The van der Waals surface area contributed by atoms with E-state index in [1.54, 1.807) is 12.1 Å². The highest BCUT2D eigenvalue weighted by Gasteiger charge is 2.13. The third-order valence-electron chi connectivity index (χ3n) is 3.87. The molecule has 0 amide bonds. The number of carbonyl (C=O) groups is 1. The minimum absolute atomic E-state index is 0.00980. The molecule has 0 bridgehead atoms. The zero-order valence-corrected chi connectivity index (χ0v) is 16.6. The van der Waals surface area contributed by atoms with Gasteiger partial charge in [-0.25, -0.2) is 9.78 Å². The van der Waals surface area contributed by atoms with Crippen molar-refractivity contribution in [2.24, 2.45) is 5.10 Å². The summed E-state index contributed by atoms with van der Waals surface area (Å²) in [6.07, 6.45) is 0.222. The number of aromatic nitrogens is 1. The quantitative estimate of drug-likeness (QED) is 0.407. The van der Waals surface area contributed by atoms with Gasteiger partial charge in [0.25, 0.3) is 0 Å². The van der Waals surface area contributed by atoms with Crippen molar-refractivity contribution in [3.05, 3.63) is 69.0 Å². The highest BCUT2D eigenvalue weighted by atomic mass is 35.5. The lowest BCUT2D eigenvalue weighted by Crippen LogP contribution is -2.18. The molecule has 27 heavy (non-hydrogen) atoms. The summed E-state index contributed by atoms with van der Waals surface area (Å²) in [6, 6.07) is 12.9. The molecule has 138 valence electrons. The lowest BCUT2D eigenvalue weighted by molar-refractivity contribution is -0.129. The molecule has 0 saturated carbocycles.